The molecule has 0 aliphatic rings. The number of nitrogens with one attached hydrogen (secondary N) is 2. The molecule has 0 aliphatic heterocycles. The van der Waals surface area contributed by atoms with Crippen molar-refractivity contribution in [2.75, 3.05) is 33.2 Å². The standard InChI is InChI=1S/C16H27N5O/c1-4-6-12-21(3)16(18-5-2)20-11-10-19-15(22)14-8-7-9-17-13-14/h7-9,13H,4-6,10-12H2,1-3H3,(H,18,20)(H,19,22). The summed E-state index contributed by atoms with van der Waals surface area (Å²) in [6, 6.07) is 3.49. The summed E-state index contributed by atoms with van der Waals surface area (Å²) in [5, 5.41) is 6.11. The molecular weight excluding hydrogens is 278 g/mol. The average Bonchev–Trinajstić information content (AvgIpc) is 2.56. The third-order valence-corrected chi connectivity index (χ3v) is 3.13. The molecule has 6 nitrogen and oxygen atoms in total. The van der Waals surface area contributed by atoms with E-state index < -0.39 is 0 Å². The first-order valence-electron chi connectivity index (χ1n) is 7.86. The van der Waals surface area contributed by atoms with Gasteiger partial charge < -0.3 is 15.5 Å². The van der Waals surface area contributed by atoms with E-state index >= 15 is 0 Å². The number of guanidine groups is 1. The van der Waals surface area contributed by atoms with Crippen molar-refractivity contribution in [1.82, 2.24) is 20.5 Å². The third-order valence-electron chi connectivity index (χ3n) is 3.13. The number of unbranched alkanes of at least 4 members (excludes halogenated alkanes) is 1. The van der Waals surface area contributed by atoms with Crippen molar-refractivity contribution in [2.45, 2.75) is 26.7 Å². The highest BCUT2D eigenvalue weighted by molar-refractivity contribution is 5.93. The van der Waals surface area contributed by atoms with Crippen LogP contribution in [0.15, 0.2) is 29.5 Å². The van der Waals surface area contributed by atoms with Crippen LogP contribution in [0.5, 0.6) is 0 Å². The Bertz CT molecular complexity index is 461. The Balaban J connectivity index is 2.41. The molecule has 0 radical (unpaired) electrons. The molecule has 1 amide bonds. The van der Waals surface area contributed by atoms with Gasteiger partial charge in [0.15, 0.2) is 5.96 Å². The number of hydrogen-bond acceptors (Lipinski definition) is 3. The summed E-state index contributed by atoms with van der Waals surface area (Å²) in [4.78, 5) is 22.5. The van der Waals surface area contributed by atoms with Crippen LogP contribution in [-0.4, -0.2) is 55.0 Å². The predicted octanol–water partition coefficient (Wildman–Crippen LogP) is 1.51. The lowest BCUT2D eigenvalue weighted by Crippen LogP contribution is -2.40. The van der Waals surface area contributed by atoms with Gasteiger partial charge in [-0.15, -0.1) is 0 Å². The van der Waals surface area contributed by atoms with E-state index in [1.807, 2.05) is 14.0 Å². The van der Waals surface area contributed by atoms with Gasteiger partial charge in [0.1, 0.15) is 0 Å². The van der Waals surface area contributed by atoms with Crippen LogP contribution >= 0.6 is 0 Å². The molecule has 0 aromatic carbocycles. The lowest BCUT2D eigenvalue weighted by atomic mass is 10.3. The predicted molar refractivity (Wildman–Crippen MR) is 90.1 cm³/mol. The summed E-state index contributed by atoms with van der Waals surface area (Å²) in [7, 11) is 2.03. The molecule has 0 atom stereocenters. The molecule has 1 aromatic heterocycles. The Kier molecular flexibility index (Phi) is 8.64. The van der Waals surface area contributed by atoms with Crippen molar-refractivity contribution < 1.29 is 4.79 Å². The second kappa shape index (κ2) is 10.6. The van der Waals surface area contributed by atoms with Gasteiger partial charge in [-0.1, -0.05) is 13.3 Å². The van der Waals surface area contributed by atoms with E-state index in [9.17, 15) is 4.79 Å². The maximum atomic E-state index is 11.9. The Morgan fingerprint density at radius 3 is 2.82 bits per heavy atom. The van der Waals surface area contributed by atoms with Crippen LogP contribution in [0.1, 0.15) is 37.0 Å². The van der Waals surface area contributed by atoms with E-state index in [0.29, 0.717) is 18.7 Å². The number of nitrogens with zero attached hydrogens (tertiary/aromatic N) is 3. The third kappa shape index (κ3) is 6.56. The molecule has 2 N–H and O–H groups in total. The minimum Gasteiger partial charge on any atom is -0.357 e. The number of pyridine rings is 1. The summed E-state index contributed by atoms with van der Waals surface area (Å²) in [5.74, 6) is 0.763. The summed E-state index contributed by atoms with van der Waals surface area (Å²) in [6.07, 6.45) is 5.50. The maximum Gasteiger partial charge on any atom is 0.252 e. The average molecular weight is 305 g/mol. The number of aromatic nitrogens is 1. The highest BCUT2D eigenvalue weighted by Gasteiger charge is 2.05. The fraction of sp³-hybridized carbons (Fsp3) is 0.562. The van der Waals surface area contributed by atoms with Gasteiger partial charge in [-0.3, -0.25) is 14.8 Å². The van der Waals surface area contributed by atoms with E-state index in [4.69, 9.17) is 0 Å². The zero-order valence-electron chi connectivity index (χ0n) is 13.8. The lowest BCUT2D eigenvalue weighted by molar-refractivity contribution is 0.0954. The van der Waals surface area contributed by atoms with Crippen molar-refractivity contribution in [2.24, 2.45) is 4.99 Å². The first-order chi connectivity index (χ1) is 10.7. The number of rotatable bonds is 8. The van der Waals surface area contributed by atoms with E-state index in [1.54, 1.807) is 24.5 Å². The van der Waals surface area contributed by atoms with Gasteiger partial charge in [-0.25, -0.2) is 0 Å². The molecule has 1 rings (SSSR count). The molecule has 0 spiro atoms. The van der Waals surface area contributed by atoms with Crippen LogP contribution in [0.25, 0.3) is 0 Å². The minimum absolute atomic E-state index is 0.118. The van der Waals surface area contributed by atoms with Crippen LogP contribution in [0.3, 0.4) is 0 Å². The topological polar surface area (TPSA) is 69.6 Å². The summed E-state index contributed by atoms with van der Waals surface area (Å²) in [5.41, 5.74) is 0.568. The second-order valence-corrected chi connectivity index (χ2v) is 5.01. The van der Waals surface area contributed by atoms with Gasteiger partial charge in [-0.2, -0.15) is 0 Å². The van der Waals surface area contributed by atoms with E-state index in [0.717, 1.165) is 31.9 Å². The molecule has 0 unspecified atom stereocenters. The fourth-order valence-electron chi connectivity index (χ4n) is 1.90. The first-order valence-corrected chi connectivity index (χ1v) is 7.86. The number of hydrogen-bond donors (Lipinski definition) is 2. The fourth-order valence-corrected chi connectivity index (χ4v) is 1.90. The van der Waals surface area contributed by atoms with Crippen molar-refractivity contribution in [3.05, 3.63) is 30.1 Å². The number of aliphatic imine (C=N–C) groups is 1. The number of carbonyl (C=O) groups excluding carboxylic acids is 1. The van der Waals surface area contributed by atoms with E-state index in [2.05, 4.69) is 32.4 Å². The molecular formula is C16H27N5O. The van der Waals surface area contributed by atoms with Gasteiger partial charge in [0.2, 0.25) is 0 Å². The number of carbonyl (C=O) groups is 1. The Hall–Kier alpha value is -2.11. The van der Waals surface area contributed by atoms with Crippen molar-refractivity contribution in [3.8, 4) is 0 Å². The lowest BCUT2D eigenvalue weighted by Gasteiger charge is -2.21. The Morgan fingerprint density at radius 2 is 2.18 bits per heavy atom. The normalized spacial score (nSPS) is 11.1. The molecule has 0 saturated carbocycles. The molecule has 0 fully saturated rings. The Labute approximate surface area is 133 Å². The molecule has 6 heteroatoms. The van der Waals surface area contributed by atoms with Gasteiger partial charge in [0.25, 0.3) is 5.91 Å². The van der Waals surface area contributed by atoms with Gasteiger partial charge in [-0.05, 0) is 25.5 Å². The second-order valence-electron chi connectivity index (χ2n) is 5.01. The van der Waals surface area contributed by atoms with Gasteiger partial charge in [0, 0.05) is 39.1 Å². The summed E-state index contributed by atoms with van der Waals surface area (Å²) in [6.45, 7) is 7.08. The molecule has 0 saturated heterocycles. The zero-order chi connectivity index (χ0) is 16.2. The molecule has 0 aliphatic carbocycles. The van der Waals surface area contributed by atoms with Crippen molar-refractivity contribution >= 4 is 11.9 Å². The Morgan fingerprint density at radius 1 is 1.36 bits per heavy atom. The first kappa shape index (κ1) is 17.9. The maximum absolute atomic E-state index is 11.9. The quantitative estimate of drug-likeness (QED) is 0.434. The van der Waals surface area contributed by atoms with Crippen LogP contribution < -0.4 is 10.6 Å². The smallest absolute Gasteiger partial charge is 0.252 e. The molecule has 0 bridgehead atoms. The van der Waals surface area contributed by atoms with Crippen molar-refractivity contribution in [1.29, 1.82) is 0 Å². The van der Waals surface area contributed by atoms with Crippen LogP contribution in [0.2, 0.25) is 0 Å². The monoisotopic (exact) mass is 305 g/mol. The van der Waals surface area contributed by atoms with Crippen LogP contribution in [0.4, 0.5) is 0 Å². The summed E-state index contributed by atoms with van der Waals surface area (Å²) >= 11 is 0. The van der Waals surface area contributed by atoms with Gasteiger partial charge >= 0.3 is 0 Å². The highest BCUT2D eigenvalue weighted by atomic mass is 16.1. The highest BCUT2D eigenvalue weighted by Crippen LogP contribution is 1.95. The van der Waals surface area contributed by atoms with E-state index in [1.165, 1.54) is 0 Å². The molecule has 22 heavy (non-hydrogen) atoms. The van der Waals surface area contributed by atoms with Crippen molar-refractivity contribution in [3.63, 3.8) is 0 Å². The van der Waals surface area contributed by atoms with E-state index in [-0.39, 0.29) is 5.91 Å². The summed E-state index contributed by atoms with van der Waals surface area (Å²) < 4.78 is 0. The van der Waals surface area contributed by atoms with Crippen LogP contribution in [0, 0.1) is 0 Å². The molecule has 1 aromatic rings. The minimum atomic E-state index is -0.118. The number of amides is 1. The SMILES string of the molecule is CCCCN(C)C(=NCCNC(=O)c1cccnc1)NCC. The largest absolute Gasteiger partial charge is 0.357 e. The van der Waals surface area contributed by atoms with Gasteiger partial charge in [0.05, 0.1) is 12.1 Å². The molecule has 1 heterocycles. The van der Waals surface area contributed by atoms with Crippen LogP contribution in [-0.2, 0) is 0 Å². The molecule has 122 valence electrons. The zero-order valence-corrected chi connectivity index (χ0v) is 13.8.